The minimum absolute atomic E-state index is 0.0383. The van der Waals surface area contributed by atoms with Crippen LogP contribution >= 0.6 is 0 Å². The Kier molecular flexibility index (Phi) is 5.36. The lowest BCUT2D eigenvalue weighted by atomic mass is 9.78. The Morgan fingerprint density at radius 1 is 1.25 bits per heavy atom. The van der Waals surface area contributed by atoms with Crippen LogP contribution in [0.25, 0.3) is 0 Å². The highest BCUT2D eigenvalue weighted by atomic mass is 16.1. The van der Waals surface area contributed by atoms with Crippen molar-refractivity contribution in [1.29, 1.82) is 0 Å². The molecule has 2 heterocycles. The van der Waals surface area contributed by atoms with Crippen LogP contribution in [0.15, 0.2) is 36.8 Å². The van der Waals surface area contributed by atoms with Crippen molar-refractivity contribution in [3.63, 3.8) is 0 Å². The van der Waals surface area contributed by atoms with Crippen LogP contribution in [0.2, 0.25) is 0 Å². The molecule has 1 fully saturated rings. The van der Waals surface area contributed by atoms with Crippen molar-refractivity contribution in [1.82, 2.24) is 20.3 Å². The maximum absolute atomic E-state index is 11.0. The molecule has 6 nitrogen and oxygen atoms in total. The summed E-state index contributed by atoms with van der Waals surface area (Å²) >= 11 is 0. The van der Waals surface area contributed by atoms with Gasteiger partial charge >= 0.3 is 0 Å². The molecule has 6 heteroatoms. The SMILES string of the molecule is CC(=O)NC1CC(c2cc(NCCCc3ccccn3)ncn2)C1. The molecule has 0 bridgehead atoms. The van der Waals surface area contributed by atoms with Crippen molar-refractivity contribution in [2.75, 3.05) is 11.9 Å². The van der Waals surface area contributed by atoms with E-state index in [1.54, 1.807) is 13.3 Å². The molecule has 2 N–H and O–H groups in total. The first-order valence-corrected chi connectivity index (χ1v) is 8.43. The molecule has 1 aliphatic rings. The minimum Gasteiger partial charge on any atom is -0.370 e. The molecule has 0 saturated heterocycles. The molecule has 1 amide bonds. The monoisotopic (exact) mass is 325 g/mol. The molecule has 1 aliphatic carbocycles. The first-order valence-electron chi connectivity index (χ1n) is 8.43. The Morgan fingerprint density at radius 3 is 2.88 bits per heavy atom. The molecule has 24 heavy (non-hydrogen) atoms. The number of aromatic nitrogens is 3. The Bertz CT molecular complexity index is 670. The highest BCUT2D eigenvalue weighted by Gasteiger charge is 2.31. The number of nitrogens with one attached hydrogen (secondary N) is 2. The van der Waals surface area contributed by atoms with Gasteiger partial charge in [-0.25, -0.2) is 9.97 Å². The normalized spacial score (nSPS) is 19.4. The van der Waals surface area contributed by atoms with Gasteiger partial charge in [0, 0.05) is 49.1 Å². The number of hydrogen-bond donors (Lipinski definition) is 2. The summed E-state index contributed by atoms with van der Waals surface area (Å²) in [6.45, 7) is 2.41. The number of rotatable bonds is 7. The lowest BCUT2D eigenvalue weighted by molar-refractivity contribution is -0.120. The molecule has 2 aromatic rings. The summed E-state index contributed by atoms with van der Waals surface area (Å²) in [5, 5.41) is 6.30. The Balaban J connectivity index is 1.43. The molecule has 0 spiro atoms. The van der Waals surface area contributed by atoms with Gasteiger partial charge in [0.15, 0.2) is 0 Å². The Morgan fingerprint density at radius 2 is 2.12 bits per heavy atom. The van der Waals surface area contributed by atoms with E-state index in [-0.39, 0.29) is 11.9 Å². The molecule has 1 saturated carbocycles. The van der Waals surface area contributed by atoms with Gasteiger partial charge in [0.2, 0.25) is 5.91 Å². The fourth-order valence-corrected chi connectivity index (χ4v) is 2.99. The van der Waals surface area contributed by atoms with Gasteiger partial charge in [0.1, 0.15) is 12.1 Å². The van der Waals surface area contributed by atoms with Crippen molar-refractivity contribution >= 4 is 11.7 Å². The molecule has 126 valence electrons. The van der Waals surface area contributed by atoms with Gasteiger partial charge < -0.3 is 10.6 Å². The zero-order valence-electron chi connectivity index (χ0n) is 13.9. The largest absolute Gasteiger partial charge is 0.370 e. The lowest BCUT2D eigenvalue weighted by Gasteiger charge is -2.35. The van der Waals surface area contributed by atoms with E-state index in [0.717, 1.165) is 49.4 Å². The summed E-state index contributed by atoms with van der Waals surface area (Å²) in [4.78, 5) is 24.0. The second kappa shape index (κ2) is 7.86. The highest BCUT2D eigenvalue weighted by Crippen LogP contribution is 2.36. The summed E-state index contributed by atoms with van der Waals surface area (Å²) in [7, 11) is 0. The van der Waals surface area contributed by atoms with Crippen LogP contribution in [0.3, 0.4) is 0 Å². The average Bonchev–Trinajstić information content (AvgIpc) is 2.56. The molecular formula is C18H23N5O. The van der Waals surface area contributed by atoms with Gasteiger partial charge in [0.05, 0.1) is 0 Å². The fourth-order valence-electron chi connectivity index (χ4n) is 2.99. The van der Waals surface area contributed by atoms with E-state index in [2.05, 4.69) is 25.6 Å². The Labute approximate surface area is 142 Å². The maximum Gasteiger partial charge on any atom is 0.217 e. The van der Waals surface area contributed by atoms with E-state index in [1.165, 1.54) is 0 Å². The number of nitrogens with zero attached hydrogens (tertiary/aromatic N) is 3. The Hall–Kier alpha value is -2.50. The quantitative estimate of drug-likeness (QED) is 0.764. The number of aryl methyl sites for hydroxylation is 1. The third kappa shape index (κ3) is 4.50. The van der Waals surface area contributed by atoms with E-state index in [1.807, 2.05) is 30.5 Å². The first-order chi connectivity index (χ1) is 11.7. The van der Waals surface area contributed by atoms with Gasteiger partial charge in [-0.2, -0.15) is 0 Å². The van der Waals surface area contributed by atoms with Crippen molar-refractivity contribution in [3.05, 3.63) is 48.2 Å². The van der Waals surface area contributed by atoms with E-state index in [0.29, 0.717) is 5.92 Å². The van der Waals surface area contributed by atoms with Crippen molar-refractivity contribution in [2.24, 2.45) is 0 Å². The average molecular weight is 325 g/mol. The number of hydrogen-bond acceptors (Lipinski definition) is 5. The molecule has 3 rings (SSSR count). The molecule has 0 aromatic carbocycles. The zero-order valence-corrected chi connectivity index (χ0v) is 13.9. The van der Waals surface area contributed by atoms with Gasteiger partial charge in [-0.1, -0.05) is 6.07 Å². The van der Waals surface area contributed by atoms with Gasteiger partial charge in [0.25, 0.3) is 0 Å². The van der Waals surface area contributed by atoms with Crippen LogP contribution < -0.4 is 10.6 Å². The number of anilines is 1. The predicted molar refractivity (Wildman–Crippen MR) is 92.7 cm³/mol. The van der Waals surface area contributed by atoms with Gasteiger partial charge in [-0.15, -0.1) is 0 Å². The maximum atomic E-state index is 11.0. The minimum atomic E-state index is 0.0383. The third-order valence-electron chi connectivity index (χ3n) is 4.29. The summed E-state index contributed by atoms with van der Waals surface area (Å²) < 4.78 is 0. The second-order valence-corrected chi connectivity index (χ2v) is 6.25. The van der Waals surface area contributed by atoms with E-state index >= 15 is 0 Å². The van der Waals surface area contributed by atoms with Crippen LogP contribution in [-0.4, -0.2) is 33.4 Å². The standard InChI is InChI=1S/C18H23N5O/c1-13(24)23-16-9-14(10-16)17-11-18(22-12-21-17)20-8-4-6-15-5-2-3-7-19-15/h2-3,5,7,11-12,14,16H,4,6,8-10H2,1H3,(H,23,24)(H,20,21,22). The molecule has 0 unspecified atom stereocenters. The second-order valence-electron chi connectivity index (χ2n) is 6.25. The lowest BCUT2D eigenvalue weighted by Crippen LogP contribution is -2.42. The summed E-state index contributed by atoms with van der Waals surface area (Å²) in [6, 6.07) is 8.30. The van der Waals surface area contributed by atoms with Crippen molar-refractivity contribution in [2.45, 2.75) is 44.6 Å². The highest BCUT2D eigenvalue weighted by molar-refractivity contribution is 5.73. The van der Waals surface area contributed by atoms with Crippen LogP contribution in [-0.2, 0) is 11.2 Å². The molecule has 0 radical (unpaired) electrons. The number of amides is 1. The van der Waals surface area contributed by atoms with Crippen LogP contribution in [0.5, 0.6) is 0 Å². The van der Waals surface area contributed by atoms with Crippen molar-refractivity contribution < 1.29 is 4.79 Å². The summed E-state index contributed by atoms with van der Waals surface area (Å²) in [5.41, 5.74) is 2.17. The zero-order chi connectivity index (χ0) is 16.8. The van der Waals surface area contributed by atoms with Crippen LogP contribution in [0.1, 0.15) is 43.5 Å². The van der Waals surface area contributed by atoms with Gasteiger partial charge in [-0.3, -0.25) is 9.78 Å². The van der Waals surface area contributed by atoms with Crippen LogP contribution in [0, 0.1) is 0 Å². The summed E-state index contributed by atoms with van der Waals surface area (Å²) in [5.74, 6) is 1.32. The predicted octanol–water partition coefficient (Wildman–Crippen LogP) is 2.30. The third-order valence-corrected chi connectivity index (χ3v) is 4.29. The molecular weight excluding hydrogens is 302 g/mol. The van der Waals surface area contributed by atoms with E-state index in [4.69, 9.17) is 0 Å². The molecule has 0 aliphatic heterocycles. The fraction of sp³-hybridized carbons (Fsp3) is 0.444. The number of carbonyl (C=O) groups is 1. The topological polar surface area (TPSA) is 79.8 Å². The van der Waals surface area contributed by atoms with Gasteiger partial charge in [-0.05, 0) is 37.8 Å². The van der Waals surface area contributed by atoms with Crippen molar-refractivity contribution in [3.8, 4) is 0 Å². The summed E-state index contributed by atoms with van der Waals surface area (Å²) in [6.07, 6.45) is 7.30. The van der Waals surface area contributed by atoms with E-state index in [9.17, 15) is 4.79 Å². The molecule has 2 aromatic heterocycles. The smallest absolute Gasteiger partial charge is 0.217 e. The molecule has 0 atom stereocenters. The van der Waals surface area contributed by atoms with E-state index < -0.39 is 0 Å². The number of pyridine rings is 1. The number of carbonyl (C=O) groups excluding carboxylic acids is 1. The van der Waals surface area contributed by atoms with Crippen LogP contribution in [0.4, 0.5) is 5.82 Å². The first kappa shape index (κ1) is 16.4.